The summed E-state index contributed by atoms with van der Waals surface area (Å²) in [6.45, 7) is 0. The van der Waals surface area contributed by atoms with Crippen LogP contribution in [0.2, 0.25) is 0 Å². The van der Waals surface area contributed by atoms with Gasteiger partial charge in [-0.05, 0) is 54.4 Å². The number of benzene rings is 1. The Morgan fingerprint density at radius 1 is 1.18 bits per heavy atom. The first-order valence-electron chi connectivity index (χ1n) is 6.77. The van der Waals surface area contributed by atoms with Crippen LogP contribution in [0.4, 0.5) is 5.69 Å². The molecule has 17 heavy (non-hydrogen) atoms. The summed E-state index contributed by atoms with van der Waals surface area (Å²) in [6, 6.07) is 6.71. The maximum absolute atomic E-state index is 4.37. The summed E-state index contributed by atoms with van der Waals surface area (Å²) in [4.78, 5) is 4.37. The predicted octanol–water partition coefficient (Wildman–Crippen LogP) is 4.15. The Morgan fingerprint density at radius 3 is 2.88 bits per heavy atom. The molecule has 3 aliphatic rings. The van der Waals surface area contributed by atoms with Gasteiger partial charge in [0.2, 0.25) is 0 Å². The van der Waals surface area contributed by atoms with Crippen LogP contribution in [0.15, 0.2) is 28.8 Å². The molecule has 0 spiro atoms. The molecule has 1 nitrogen and oxygen atoms in total. The number of aliphatic imine (C=N–C) groups is 1. The molecule has 2 aliphatic carbocycles. The second-order valence-corrected chi connectivity index (χ2v) is 5.61. The topological polar surface area (TPSA) is 12.4 Å². The Kier molecular flexibility index (Phi) is 2.02. The standard InChI is InChI=1S/C16H17N/c1-2-12-10-13(3-1)15(12)9-11-4-5-16-14(8-11)6-7-17-16/h4-5,7-9,12-13H,1-3,6,10H2. The average molecular weight is 223 g/mol. The van der Waals surface area contributed by atoms with E-state index >= 15 is 0 Å². The normalized spacial score (nSPS) is 28.8. The fourth-order valence-corrected chi connectivity index (χ4v) is 3.62. The summed E-state index contributed by atoms with van der Waals surface area (Å²) in [5.74, 6) is 1.83. The molecule has 0 aromatic heterocycles. The third kappa shape index (κ3) is 1.49. The van der Waals surface area contributed by atoms with Crippen LogP contribution in [0.25, 0.3) is 6.08 Å². The molecule has 1 aliphatic heterocycles. The van der Waals surface area contributed by atoms with Crippen molar-refractivity contribution >= 4 is 18.0 Å². The van der Waals surface area contributed by atoms with E-state index in [1.54, 1.807) is 5.57 Å². The van der Waals surface area contributed by atoms with E-state index in [9.17, 15) is 0 Å². The van der Waals surface area contributed by atoms with Crippen molar-refractivity contribution in [2.24, 2.45) is 16.8 Å². The zero-order valence-electron chi connectivity index (χ0n) is 10.0. The number of allylic oxidation sites excluding steroid dienone is 1. The molecule has 0 amide bonds. The van der Waals surface area contributed by atoms with Gasteiger partial charge < -0.3 is 0 Å². The maximum atomic E-state index is 4.37. The summed E-state index contributed by atoms with van der Waals surface area (Å²) in [5, 5.41) is 0. The molecule has 1 aromatic carbocycles. The molecule has 86 valence electrons. The van der Waals surface area contributed by atoms with Gasteiger partial charge in [0, 0.05) is 12.6 Å². The number of hydrogen-bond donors (Lipinski definition) is 0. The van der Waals surface area contributed by atoms with Crippen molar-refractivity contribution in [1.29, 1.82) is 0 Å². The second kappa shape index (κ2) is 3.56. The number of rotatable bonds is 1. The van der Waals surface area contributed by atoms with Crippen LogP contribution in [-0.4, -0.2) is 6.21 Å². The first kappa shape index (κ1) is 9.64. The highest BCUT2D eigenvalue weighted by atomic mass is 14.7. The lowest BCUT2D eigenvalue weighted by atomic mass is 9.61. The van der Waals surface area contributed by atoms with Crippen molar-refractivity contribution in [3.8, 4) is 0 Å². The highest BCUT2D eigenvalue weighted by Crippen LogP contribution is 2.50. The van der Waals surface area contributed by atoms with Crippen LogP contribution in [0.3, 0.4) is 0 Å². The van der Waals surface area contributed by atoms with Crippen molar-refractivity contribution < 1.29 is 0 Å². The molecule has 2 unspecified atom stereocenters. The summed E-state index contributed by atoms with van der Waals surface area (Å²) in [5.41, 5.74) is 5.68. The fourth-order valence-electron chi connectivity index (χ4n) is 3.62. The Morgan fingerprint density at radius 2 is 2.06 bits per heavy atom. The molecule has 0 radical (unpaired) electrons. The van der Waals surface area contributed by atoms with Crippen LogP contribution < -0.4 is 0 Å². The van der Waals surface area contributed by atoms with Gasteiger partial charge in [0.05, 0.1) is 5.69 Å². The van der Waals surface area contributed by atoms with Crippen LogP contribution in [0, 0.1) is 11.8 Å². The third-order valence-electron chi connectivity index (χ3n) is 4.60. The first-order valence-corrected chi connectivity index (χ1v) is 6.77. The van der Waals surface area contributed by atoms with Gasteiger partial charge in [-0.1, -0.05) is 24.1 Å². The van der Waals surface area contributed by atoms with E-state index in [0.717, 1.165) is 18.3 Å². The van der Waals surface area contributed by atoms with Gasteiger partial charge in [0.1, 0.15) is 0 Å². The molecule has 1 heterocycles. The van der Waals surface area contributed by atoms with Crippen LogP contribution in [-0.2, 0) is 6.42 Å². The molecule has 2 atom stereocenters. The van der Waals surface area contributed by atoms with E-state index < -0.39 is 0 Å². The first-order chi connectivity index (χ1) is 8.40. The van der Waals surface area contributed by atoms with E-state index in [-0.39, 0.29) is 0 Å². The van der Waals surface area contributed by atoms with E-state index in [1.807, 2.05) is 6.21 Å². The lowest BCUT2D eigenvalue weighted by Gasteiger charge is -2.44. The molecule has 0 saturated heterocycles. The van der Waals surface area contributed by atoms with Crippen LogP contribution in [0.5, 0.6) is 0 Å². The van der Waals surface area contributed by atoms with Gasteiger partial charge in [-0.3, -0.25) is 4.99 Å². The molecule has 4 rings (SSSR count). The molecule has 0 N–H and O–H groups in total. The van der Waals surface area contributed by atoms with E-state index in [4.69, 9.17) is 0 Å². The smallest absolute Gasteiger partial charge is 0.0661 e. The molecule has 1 aromatic rings. The fraction of sp³-hybridized carbons (Fsp3) is 0.438. The quantitative estimate of drug-likeness (QED) is 0.678. The van der Waals surface area contributed by atoms with Crippen molar-refractivity contribution in [2.45, 2.75) is 32.1 Å². The van der Waals surface area contributed by atoms with Gasteiger partial charge in [-0.2, -0.15) is 0 Å². The molecule has 2 bridgehead atoms. The molecule has 2 fully saturated rings. The van der Waals surface area contributed by atoms with E-state index in [1.165, 1.54) is 42.5 Å². The van der Waals surface area contributed by atoms with Gasteiger partial charge in [-0.15, -0.1) is 0 Å². The Hall–Kier alpha value is -1.37. The minimum absolute atomic E-state index is 0.915. The summed E-state index contributed by atoms with van der Waals surface area (Å²) < 4.78 is 0. The second-order valence-electron chi connectivity index (χ2n) is 5.61. The molecular formula is C16H17N. The highest BCUT2D eigenvalue weighted by Gasteiger charge is 2.37. The lowest BCUT2D eigenvalue weighted by molar-refractivity contribution is 0.218. The van der Waals surface area contributed by atoms with Gasteiger partial charge >= 0.3 is 0 Å². The molecule has 1 heteroatoms. The Balaban J connectivity index is 1.66. The molecule has 2 saturated carbocycles. The van der Waals surface area contributed by atoms with Gasteiger partial charge in [0.15, 0.2) is 0 Å². The maximum Gasteiger partial charge on any atom is 0.0661 e. The lowest BCUT2D eigenvalue weighted by Crippen LogP contribution is -2.32. The summed E-state index contributed by atoms with van der Waals surface area (Å²) >= 11 is 0. The predicted molar refractivity (Wildman–Crippen MR) is 71.7 cm³/mol. The van der Waals surface area contributed by atoms with Crippen molar-refractivity contribution in [2.75, 3.05) is 0 Å². The van der Waals surface area contributed by atoms with Crippen LogP contribution >= 0.6 is 0 Å². The summed E-state index contributed by atoms with van der Waals surface area (Å²) in [6.07, 6.45) is 11.2. The van der Waals surface area contributed by atoms with Crippen molar-refractivity contribution in [1.82, 2.24) is 0 Å². The Bertz CT molecular complexity index is 508. The Labute approximate surface area is 102 Å². The van der Waals surface area contributed by atoms with Crippen molar-refractivity contribution in [3.05, 3.63) is 34.9 Å². The average Bonchev–Trinajstić information content (AvgIpc) is 2.84. The zero-order chi connectivity index (χ0) is 11.2. The third-order valence-corrected chi connectivity index (χ3v) is 4.60. The minimum atomic E-state index is 0.915. The number of nitrogens with zero attached hydrogens (tertiary/aromatic N) is 1. The summed E-state index contributed by atoms with van der Waals surface area (Å²) in [7, 11) is 0. The van der Waals surface area contributed by atoms with E-state index in [0.29, 0.717) is 0 Å². The highest BCUT2D eigenvalue weighted by molar-refractivity contribution is 5.77. The number of fused-ring (bicyclic) bond motifs is 3. The van der Waals surface area contributed by atoms with Gasteiger partial charge in [-0.25, -0.2) is 0 Å². The molecular weight excluding hydrogens is 206 g/mol. The van der Waals surface area contributed by atoms with Crippen LogP contribution in [0.1, 0.15) is 36.8 Å². The van der Waals surface area contributed by atoms with Gasteiger partial charge in [0.25, 0.3) is 0 Å². The monoisotopic (exact) mass is 223 g/mol. The minimum Gasteiger partial charge on any atom is -0.261 e. The van der Waals surface area contributed by atoms with E-state index in [2.05, 4.69) is 29.3 Å². The SMILES string of the molecule is C1=Nc2ccc(C=C3C4CCCC3C4)cc2C1. The zero-order valence-corrected chi connectivity index (χ0v) is 10.0. The largest absolute Gasteiger partial charge is 0.261 e. The van der Waals surface area contributed by atoms with Crippen molar-refractivity contribution in [3.63, 3.8) is 0 Å². The number of hydrogen-bond acceptors (Lipinski definition) is 1.